The Kier molecular flexibility index (Phi) is 4.32. The van der Waals surface area contributed by atoms with Crippen molar-refractivity contribution in [2.45, 2.75) is 19.3 Å². The van der Waals surface area contributed by atoms with E-state index in [1.165, 1.54) is 32.7 Å². The molecule has 28 heavy (non-hydrogen) atoms. The fourth-order valence-electron chi connectivity index (χ4n) is 4.35. The molecule has 0 fully saturated rings. The molecule has 0 saturated carbocycles. The zero-order valence-electron chi connectivity index (χ0n) is 15.7. The summed E-state index contributed by atoms with van der Waals surface area (Å²) in [6, 6.07) is 22.6. The van der Waals surface area contributed by atoms with Gasteiger partial charge in [-0.05, 0) is 64.1 Å². The van der Waals surface area contributed by atoms with Crippen molar-refractivity contribution in [3.63, 3.8) is 0 Å². The maximum Gasteiger partial charge on any atom is 0.177 e. The number of carbonyl (C=O) groups excluding carboxylic acids is 1. The van der Waals surface area contributed by atoms with Gasteiger partial charge in [0, 0.05) is 5.92 Å². The van der Waals surface area contributed by atoms with Crippen LogP contribution in [-0.4, -0.2) is 12.4 Å². The first-order valence-corrected chi connectivity index (χ1v) is 9.92. The van der Waals surface area contributed by atoms with Crippen LogP contribution in [-0.2, 0) is 17.6 Å². The molecular weight excluding hydrogens is 344 g/mol. The van der Waals surface area contributed by atoms with Crippen molar-refractivity contribution >= 4 is 17.9 Å². The zero-order valence-corrected chi connectivity index (χ0v) is 15.7. The summed E-state index contributed by atoms with van der Waals surface area (Å²) >= 11 is 0. The van der Waals surface area contributed by atoms with E-state index in [0.717, 1.165) is 25.0 Å². The third kappa shape index (κ3) is 3.05. The van der Waals surface area contributed by atoms with Crippen molar-refractivity contribution in [1.29, 1.82) is 0 Å². The number of carbonyl (C=O) groups is 1. The Morgan fingerprint density at radius 1 is 0.857 bits per heavy atom. The van der Waals surface area contributed by atoms with E-state index in [4.69, 9.17) is 4.74 Å². The molecule has 1 unspecified atom stereocenters. The quantitative estimate of drug-likeness (QED) is 0.704. The highest BCUT2D eigenvalue weighted by Gasteiger charge is 2.22. The number of hydrogen-bond donors (Lipinski definition) is 0. The lowest BCUT2D eigenvalue weighted by atomic mass is 9.83. The van der Waals surface area contributed by atoms with Crippen LogP contribution in [0.3, 0.4) is 0 Å². The SMILES string of the molecule is O=C(COc1ccccc1)C1C=c2c(ccc3c2=CCc2ccccc2-3)CC1. The molecule has 3 aromatic carbocycles. The third-order valence-electron chi connectivity index (χ3n) is 5.84. The molecule has 5 rings (SSSR count). The Labute approximate surface area is 164 Å². The molecule has 3 aromatic rings. The number of rotatable bonds is 4. The summed E-state index contributed by atoms with van der Waals surface area (Å²) < 4.78 is 5.69. The van der Waals surface area contributed by atoms with Gasteiger partial charge in [-0.25, -0.2) is 0 Å². The van der Waals surface area contributed by atoms with Gasteiger partial charge in [0.1, 0.15) is 12.4 Å². The molecule has 0 aliphatic heterocycles. The van der Waals surface area contributed by atoms with Crippen LogP contribution in [0, 0.1) is 5.92 Å². The summed E-state index contributed by atoms with van der Waals surface area (Å²) in [7, 11) is 0. The first kappa shape index (κ1) is 17.0. The van der Waals surface area contributed by atoms with Gasteiger partial charge in [0.15, 0.2) is 5.78 Å². The standard InChI is InChI=1S/C26H22O2/c27-26(17-28-21-7-2-1-3-8-21)20-11-10-19-13-14-23-22-9-5-4-6-18(22)12-15-24(23)25(19)16-20/h1-9,13-16,20H,10-12,17H2. The number of ether oxygens (including phenoxy) is 1. The third-order valence-corrected chi connectivity index (χ3v) is 5.84. The summed E-state index contributed by atoms with van der Waals surface area (Å²) in [6.07, 6.45) is 7.25. The molecule has 0 radical (unpaired) electrons. The average molecular weight is 366 g/mol. The second kappa shape index (κ2) is 7.12. The molecule has 0 amide bonds. The van der Waals surface area contributed by atoms with E-state index in [2.05, 4.69) is 48.6 Å². The normalized spacial score (nSPS) is 16.6. The fourth-order valence-corrected chi connectivity index (χ4v) is 4.35. The van der Waals surface area contributed by atoms with Gasteiger partial charge >= 0.3 is 0 Å². The molecule has 2 aliphatic rings. The molecule has 2 nitrogen and oxygen atoms in total. The van der Waals surface area contributed by atoms with Crippen LogP contribution in [0.25, 0.3) is 23.3 Å². The van der Waals surface area contributed by atoms with E-state index in [1.54, 1.807) is 0 Å². The molecular formula is C26H22O2. The highest BCUT2D eigenvalue weighted by molar-refractivity contribution is 5.88. The van der Waals surface area contributed by atoms with Gasteiger partial charge in [0.2, 0.25) is 0 Å². The number of para-hydroxylation sites is 1. The average Bonchev–Trinajstić information content (AvgIpc) is 2.77. The van der Waals surface area contributed by atoms with Crippen LogP contribution in [0.5, 0.6) is 5.75 Å². The highest BCUT2D eigenvalue weighted by atomic mass is 16.5. The Morgan fingerprint density at radius 2 is 1.68 bits per heavy atom. The second-order valence-electron chi connectivity index (χ2n) is 7.54. The van der Waals surface area contributed by atoms with Crippen LogP contribution in [0.2, 0.25) is 0 Å². The van der Waals surface area contributed by atoms with Crippen LogP contribution in [0.4, 0.5) is 0 Å². The Morgan fingerprint density at radius 3 is 2.57 bits per heavy atom. The molecule has 138 valence electrons. The van der Waals surface area contributed by atoms with E-state index in [1.807, 2.05) is 30.3 Å². The number of aryl methyl sites for hydroxylation is 1. The molecule has 0 N–H and O–H groups in total. The molecule has 2 heteroatoms. The van der Waals surface area contributed by atoms with Gasteiger partial charge in [0.25, 0.3) is 0 Å². The van der Waals surface area contributed by atoms with Gasteiger partial charge in [-0.3, -0.25) is 4.79 Å². The van der Waals surface area contributed by atoms with Crippen LogP contribution < -0.4 is 15.2 Å². The molecule has 1 atom stereocenters. The van der Waals surface area contributed by atoms with Gasteiger partial charge < -0.3 is 4.74 Å². The smallest absolute Gasteiger partial charge is 0.177 e. The van der Waals surface area contributed by atoms with Crippen molar-refractivity contribution in [2.24, 2.45) is 5.92 Å². The minimum Gasteiger partial charge on any atom is -0.486 e. The van der Waals surface area contributed by atoms with Crippen LogP contribution >= 0.6 is 0 Å². The highest BCUT2D eigenvalue weighted by Crippen LogP contribution is 2.25. The molecule has 0 aromatic heterocycles. The molecule has 0 bridgehead atoms. The van der Waals surface area contributed by atoms with E-state index in [0.29, 0.717) is 0 Å². The number of hydrogen-bond acceptors (Lipinski definition) is 2. The first-order chi connectivity index (χ1) is 13.8. The predicted molar refractivity (Wildman–Crippen MR) is 113 cm³/mol. The lowest BCUT2D eigenvalue weighted by Gasteiger charge is -2.21. The van der Waals surface area contributed by atoms with Crippen LogP contribution in [0.15, 0.2) is 66.7 Å². The van der Waals surface area contributed by atoms with Gasteiger partial charge in [0.05, 0.1) is 0 Å². The zero-order chi connectivity index (χ0) is 18.9. The number of Topliss-reactive ketones (excluding diaryl/α,β-unsaturated/α-hetero) is 1. The molecule has 0 saturated heterocycles. The van der Waals surface area contributed by atoms with Crippen LogP contribution in [0.1, 0.15) is 17.5 Å². The summed E-state index contributed by atoms with van der Waals surface area (Å²) in [6.45, 7) is 0.127. The summed E-state index contributed by atoms with van der Waals surface area (Å²) in [5.74, 6) is 0.825. The lowest BCUT2D eigenvalue weighted by molar-refractivity contribution is -0.123. The van der Waals surface area contributed by atoms with Crippen molar-refractivity contribution in [1.82, 2.24) is 0 Å². The second-order valence-corrected chi connectivity index (χ2v) is 7.54. The Balaban J connectivity index is 1.47. The number of ketones is 1. The van der Waals surface area contributed by atoms with Gasteiger partial charge in [-0.15, -0.1) is 0 Å². The Bertz CT molecular complexity index is 1160. The van der Waals surface area contributed by atoms with Gasteiger partial charge in [-0.1, -0.05) is 66.7 Å². The lowest BCUT2D eigenvalue weighted by Crippen LogP contribution is -2.37. The topological polar surface area (TPSA) is 26.3 Å². The maximum absolute atomic E-state index is 12.8. The van der Waals surface area contributed by atoms with Crippen molar-refractivity contribution < 1.29 is 9.53 Å². The summed E-state index contributed by atoms with van der Waals surface area (Å²) in [5, 5.41) is 2.54. The van der Waals surface area contributed by atoms with Crippen molar-refractivity contribution in [2.75, 3.05) is 6.61 Å². The first-order valence-electron chi connectivity index (χ1n) is 9.92. The van der Waals surface area contributed by atoms with Crippen molar-refractivity contribution in [3.05, 3.63) is 88.3 Å². The number of benzene rings is 3. The van der Waals surface area contributed by atoms with E-state index >= 15 is 0 Å². The largest absolute Gasteiger partial charge is 0.486 e. The van der Waals surface area contributed by atoms with E-state index in [-0.39, 0.29) is 18.3 Å². The monoisotopic (exact) mass is 366 g/mol. The molecule has 0 spiro atoms. The van der Waals surface area contributed by atoms with Crippen molar-refractivity contribution in [3.8, 4) is 16.9 Å². The minimum atomic E-state index is -0.0757. The van der Waals surface area contributed by atoms with E-state index < -0.39 is 0 Å². The van der Waals surface area contributed by atoms with Gasteiger partial charge in [-0.2, -0.15) is 0 Å². The fraction of sp³-hybridized carbons (Fsp3) is 0.192. The Hall–Kier alpha value is -3.13. The molecule has 0 heterocycles. The summed E-state index contributed by atoms with van der Waals surface area (Å²) in [4.78, 5) is 12.8. The number of fused-ring (bicyclic) bond motifs is 5. The maximum atomic E-state index is 12.8. The predicted octanol–water partition coefficient (Wildman–Crippen LogP) is 3.68. The minimum absolute atomic E-state index is 0.0757. The van der Waals surface area contributed by atoms with E-state index in [9.17, 15) is 4.79 Å². The summed E-state index contributed by atoms with van der Waals surface area (Å²) in [5.41, 5.74) is 5.32. The molecule has 2 aliphatic carbocycles.